The molecule has 6 heteroatoms. The Labute approximate surface area is 159 Å². The van der Waals surface area contributed by atoms with Crippen LogP contribution in [-0.2, 0) is 0 Å². The van der Waals surface area contributed by atoms with Crippen LogP contribution in [0.1, 0.15) is 20.0 Å². The van der Waals surface area contributed by atoms with Crippen molar-refractivity contribution in [2.75, 3.05) is 10.6 Å². The zero-order chi connectivity index (χ0) is 18.6. The van der Waals surface area contributed by atoms with E-state index >= 15 is 0 Å². The predicted octanol–water partition coefficient (Wildman–Crippen LogP) is 4.80. The Morgan fingerprint density at radius 2 is 1.63 bits per heavy atom. The highest BCUT2D eigenvalue weighted by molar-refractivity contribution is 7.12. The van der Waals surface area contributed by atoms with Gasteiger partial charge < -0.3 is 10.6 Å². The maximum absolute atomic E-state index is 12.6. The molecule has 0 aliphatic rings. The number of carbonyl (C=O) groups is 2. The lowest BCUT2D eigenvalue weighted by atomic mass is 10.1. The van der Waals surface area contributed by atoms with Crippen molar-refractivity contribution in [3.05, 3.63) is 88.7 Å². The Hall–Kier alpha value is -3.51. The fourth-order valence-corrected chi connectivity index (χ4v) is 3.32. The van der Waals surface area contributed by atoms with Gasteiger partial charge in [-0.25, -0.2) is 0 Å². The lowest BCUT2D eigenvalue weighted by Crippen LogP contribution is -2.13. The van der Waals surface area contributed by atoms with E-state index in [-0.39, 0.29) is 11.8 Å². The summed E-state index contributed by atoms with van der Waals surface area (Å²) in [5.74, 6) is -0.395. The number of rotatable bonds is 4. The molecule has 0 saturated heterocycles. The number of nitrogens with zero attached hydrogens (tertiary/aromatic N) is 1. The first-order valence-corrected chi connectivity index (χ1v) is 9.19. The third-order valence-electron chi connectivity index (χ3n) is 4.03. The summed E-state index contributed by atoms with van der Waals surface area (Å²) < 4.78 is 0. The van der Waals surface area contributed by atoms with Gasteiger partial charge in [0, 0.05) is 22.8 Å². The minimum absolute atomic E-state index is 0.163. The summed E-state index contributed by atoms with van der Waals surface area (Å²) in [7, 11) is 0. The topological polar surface area (TPSA) is 71.1 Å². The fourth-order valence-electron chi connectivity index (χ4n) is 2.70. The van der Waals surface area contributed by atoms with Gasteiger partial charge in [0.05, 0.1) is 16.1 Å². The number of amides is 2. The molecule has 0 fully saturated rings. The first-order chi connectivity index (χ1) is 13.2. The van der Waals surface area contributed by atoms with Gasteiger partial charge in [-0.2, -0.15) is 0 Å². The quantitative estimate of drug-likeness (QED) is 0.540. The third kappa shape index (κ3) is 3.70. The van der Waals surface area contributed by atoms with E-state index < -0.39 is 0 Å². The minimum Gasteiger partial charge on any atom is -0.321 e. The lowest BCUT2D eigenvalue weighted by Gasteiger charge is -2.09. The maximum Gasteiger partial charge on any atom is 0.265 e. The summed E-state index contributed by atoms with van der Waals surface area (Å²) in [6.07, 6.45) is 1.70. The minimum atomic E-state index is -0.232. The van der Waals surface area contributed by atoms with Crippen LogP contribution >= 0.6 is 11.3 Å². The van der Waals surface area contributed by atoms with E-state index in [1.807, 2.05) is 41.8 Å². The van der Waals surface area contributed by atoms with Crippen molar-refractivity contribution in [3.8, 4) is 0 Å². The van der Waals surface area contributed by atoms with E-state index in [0.717, 1.165) is 10.9 Å². The van der Waals surface area contributed by atoms with Gasteiger partial charge in [-0.1, -0.05) is 24.3 Å². The normalized spacial score (nSPS) is 10.5. The zero-order valence-corrected chi connectivity index (χ0v) is 15.0. The van der Waals surface area contributed by atoms with Crippen LogP contribution in [0.25, 0.3) is 10.9 Å². The zero-order valence-electron chi connectivity index (χ0n) is 14.2. The maximum atomic E-state index is 12.6. The first kappa shape index (κ1) is 16.9. The molecule has 0 atom stereocenters. The summed E-state index contributed by atoms with van der Waals surface area (Å²) >= 11 is 1.38. The number of para-hydroxylation sites is 1. The standard InChI is InChI=1S/C21H15N3O2S/c25-20(24-17-6-1-4-14-5-2-12-22-19(14)17)15-8-10-16(11-9-15)23-21(26)18-7-3-13-27-18/h1-13H,(H,23,26)(H,24,25). The van der Waals surface area contributed by atoms with E-state index in [0.29, 0.717) is 21.8 Å². The van der Waals surface area contributed by atoms with E-state index in [1.165, 1.54) is 11.3 Å². The largest absolute Gasteiger partial charge is 0.321 e. The van der Waals surface area contributed by atoms with E-state index in [2.05, 4.69) is 15.6 Å². The van der Waals surface area contributed by atoms with Gasteiger partial charge in [-0.15, -0.1) is 11.3 Å². The van der Waals surface area contributed by atoms with Crippen molar-refractivity contribution in [1.29, 1.82) is 0 Å². The van der Waals surface area contributed by atoms with E-state index in [4.69, 9.17) is 0 Å². The van der Waals surface area contributed by atoms with E-state index in [9.17, 15) is 9.59 Å². The number of nitrogens with one attached hydrogen (secondary N) is 2. The number of carbonyl (C=O) groups excluding carboxylic acids is 2. The van der Waals surface area contributed by atoms with Crippen molar-refractivity contribution >= 4 is 45.4 Å². The smallest absolute Gasteiger partial charge is 0.265 e. The van der Waals surface area contributed by atoms with Crippen LogP contribution in [-0.4, -0.2) is 16.8 Å². The van der Waals surface area contributed by atoms with Gasteiger partial charge in [0.25, 0.3) is 11.8 Å². The number of thiophene rings is 1. The first-order valence-electron chi connectivity index (χ1n) is 8.31. The molecular weight excluding hydrogens is 358 g/mol. The van der Waals surface area contributed by atoms with Gasteiger partial charge in [-0.3, -0.25) is 14.6 Å². The van der Waals surface area contributed by atoms with Crippen LogP contribution in [0.5, 0.6) is 0 Å². The molecule has 4 aromatic rings. The Balaban J connectivity index is 1.48. The molecule has 2 N–H and O–H groups in total. The van der Waals surface area contributed by atoms with Crippen LogP contribution < -0.4 is 10.6 Å². The molecule has 5 nitrogen and oxygen atoms in total. The fraction of sp³-hybridized carbons (Fsp3) is 0. The molecule has 0 bridgehead atoms. The Morgan fingerprint density at radius 1 is 0.815 bits per heavy atom. The monoisotopic (exact) mass is 373 g/mol. The average molecular weight is 373 g/mol. The molecule has 0 aliphatic carbocycles. The van der Waals surface area contributed by atoms with Crippen molar-refractivity contribution in [2.24, 2.45) is 0 Å². The number of aromatic nitrogens is 1. The van der Waals surface area contributed by atoms with Crippen molar-refractivity contribution in [3.63, 3.8) is 0 Å². The van der Waals surface area contributed by atoms with Crippen LogP contribution in [0.15, 0.2) is 78.3 Å². The van der Waals surface area contributed by atoms with Gasteiger partial charge in [-0.05, 0) is 47.8 Å². The highest BCUT2D eigenvalue weighted by atomic mass is 32.1. The van der Waals surface area contributed by atoms with Gasteiger partial charge in [0.2, 0.25) is 0 Å². The summed E-state index contributed by atoms with van der Waals surface area (Å²) in [5, 5.41) is 8.52. The van der Waals surface area contributed by atoms with E-state index in [1.54, 1.807) is 36.5 Å². The Kier molecular flexibility index (Phi) is 4.63. The van der Waals surface area contributed by atoms with Crippen LogP contribution in [0.3, 0.4) is 0 Å². The molecule has 2 aromatic carbocycles. The van der Waals surface area contributed by atoms with Crippen LogP contribution in [0.2, 0.25) is 0 Å². The SMILES string of the molecule is O=C(Nc1cccc2cccnc12)c1ccc(NC(=O)c2cccs2)cc1. The second-order valence-electron chi connectivity index (χ2n) is 5.84. The number of anilines is 2. The summed E-state index contributed by atoms with van der Waals surface area (Å²) in [5.41, 5.74) is 2.54. The van der Waals surface area contributed by atoms with Gasteiger partial charge in [0.15, 0.2) is 0 Å². The molecule has 0 spiro atoms. The highest BCUT2D eigenvalue weighted by Crippen LogP contribution is 2.22. The number of hydrogen-bond donors (Lipinski definition) is 2. The Morgan fingerprint density at radius 3 is 2.41 bits per heavy atom. The molecule has 0 aliphatic heterocycles. The summed E-state index contributed by atoms with van der Waals surface area (Å²) in [6, 6.07) is 19.8. The summed E-state index contributed by atoms with van der Waals surface area (Å²) in [6.45, 7) is 0. The molecule has 0 radical (unpaired) electrons. The van der Waals surface area contributed by atoms with Crippen molar-refractivity contribution < 1.29 is 9.59 Å². The molecule has 0 saturated carbocycles. The molecule has 2 aromatic heterocycles. The highest BCUT2D eigenvalue weighted by Gasteiger charge is 2.10. The molecule has 4 rings (SSSR count). The average Bonchev–Trinajstić information content (AvgIpc) is 3.24. The number of hydrogen-bond acceptors (Lipinski definition) is 4. The summed E-state index contributed by atoms with van der Waals surface area (Å²) in [4.78, 5) is 29.6. The molecular formula is C21H15N3O2S. The van der Waals surface area contributed by atoms with Crippen molar-refractivity contribution in [2.45, 2.75) is 0 Å². The molecule has 132 valence electrons. The number of pyridine rings is 1. The van der Waals surface area contributed by atoms with Gasteiger partial charge >= 0.3 is 0 Å². The second-order valence-corrected chi connectivity index (χ2v) is 6.79. The Bertz CT molecular complexity index is 1100. The lowest BCUT2D eigenvalue weighted by molar-refractivity contribution is 0.102. The number of fused-ring (bicyclic) bond motifs is 1. The third-order valence-corrected chi connectivity index (χ3v) is 4.90. The molecule has 2 amide bonds. The van der Waals surface area contributed by atoms with Crippen LogP contribution in [0.4, 0.5) is 11.4 Å². The van der Waals surface area contributed by atoms with Gasteiger partial charge in [0.1, 0.15) is 0 Å². The number of benzene rings is 2. The molecule has 27 heavy (non-hydrogen) atoms. The van der Waals surface area contributed by atoms with Crippen LogP contribution in [0, 0.1) is 0 Å². The second kappa shape index (κ2) is 7.39. The predicted molar refractivity (Wildman–Crippen MR) is 108 cm³/mol. The molecule has 0 unspecified atom stereocenters. The molecule has 2 heterocycles. The van der Waals surface area contributed by atoms with Crippen molar-refractivity contribution in [1.82, 2.24) is 4.98 Å².